The van der Waals surface area contributed by atoms with Gasteiger partial charge in [-0.3, -0.25) is 19.9 Å². The molecular formula is C22H29F3N8O3. The van der Waals surface area contributed by atoms with Crippen LogP contribution < -0.4 is 15.8 Å². The number of alkyl halides is 3. The second kappa shape index (κ2) is 11.4. The molecule has 3 aliphatic rings. The third-order valence-corrected chi connectivity index (χ3v) is 6.84. The summed E-state index contributed by atoms with van der Waals surface area (Å²) in [5, 5.41) is 8.85. The number of nitrogens with zero attached hydrogens (tertiary/aromatic N) is 6. The molecule has 3 fully saturated rings. The van der Waals surface area contributed by atoms with Crippen LogP contribution in [-0.2, 0) is 14.3 Å². The van der Waals surface area contributed by atoms with E-state index in [1.807, 2.05) is 11.0 Å². The molecule has 0 saturated carbocycles. The molecule has 3 saturated heterocycles. The van der Waals surface area contributed by atoms with Crippen molar-refractivity contribution < 1.29 is 27.5 Å². The van der Waals surface area contributed by atoms with Crippen molar-refractivity contribution in [2.24, 2.45) is 5.92 Å². The summed E-state index contributed by atoms with van der Waals surface area (Å²) in [5.41, 5.74) is 5.04. The second-order valence-corrected chi connectivity index (χ2v) is 9.07. The number of hydrogen-bond donors (Lipinski definition) is 2. The molecule has 0 bridgehead atoms. The number of hydrogen-bond acceptors (Lipinski definition) is 9. The number of nitriles is 1. The molecular weight excluding hydrogens is 481 g/mol. The van der Waals surface area contributed by atoms with Crippen molar-refractivity contribution in [3.63, 3.8) is 0 Å². The van der Waals surface area contributed by atoms with Gasteiger partial charge in [-0.15, -0.1) is 0 Å². The number of nitrogens with one attached hydrogen (secondary N) is 2. The summed E-state index contributed by atoms with van der Waals surface area (Å²) in [5.74, 6) is -2.69. The molecule has 11 nitrogen and oxygen atoms in total. The van der Waals surface area contributed by atoms with Crippen LogP contribution in [0, 0.1) is 17.2 Å². The largest absolute Gasteiger partial charge is 0.402 e. The number of piperazine rings is 1. The highest BCUT2D eigenvalue weighted by atomic mass is 19.4. The molecule has 0 spiro atoms. The minimum Gasteiger partial charge on any atom is -0.379 e. The first kappa shape index (κ1) is 26.1. The third-order valence-electron chi connectivity index (χ3n) is 6.84. The molecule has 2 amide bonds. The Balaban J connectivity index is 1.20. The number of amides is 2. The zero-order valence-corrected chi connectivity index (χ0v) is 19.7. The van der Waals surface area contributed by atoms with E-state index in [1.165, 1.54) is 12.4 Å². The van der Waals surface area contributed by atoms with Gasteiger partial charge in [-0.1, -0.05) is 0 Å². The lowest BCUT2D eigenvalue weighted by Gasteiger charge is -2.40. The summed E-state index contributed by atoms with van der Waals surface area (Å²) in [4.78, 5) is 38.3. The Kier molecular flexibility index (Phi) is 8.22. The molecule has 4 rings (SSSR count). The highest BCUT2D eigenvalue weighted by molar-refractivity contribution is 5.80. The molecule has 36 heavy (non-hydrogen) atoms. The van der Waals surface area contributed by atoms with E-state index in [4.69, 9.17) is 10.00 Å². The summed E-state index contributed by atoms with van der Waals surface area (Å²) >= 11 is 0. The van der Waals surface area contributed by atoms with Crippen molar-refractivity contribution in [3.8, 4) is 6.07 Å². The fourth-order valence-corrected chi connectivity index (χ4v) is 5.00. The van der Waals surface area contributed by atoms with Gasteiger partial charge in [-0.25, -0.2) is 15.4 Å². The molecule has 1 aromatic rings. The van der Waals surface area contributed by atoms with E-state index in [0.717, 1.165) is 6.42 Å². The van der Waals surface area contributed by atoms with Gasteiger partial charge >= 0.3 is 6.18 Å². The van der Waals surface area contributed by atoms with E-state index < -0.39 is 24.0 Å². The van der Waals surface area contributed by atoms with Crippen molar-refractivity contribution in [3.05, 3.63) is 18.0 Å². The normalized spacial score (nSPS) is 25.5. The number of rotatable bonds is 7. The van der Waals surface area contributed by atoms with Crippen LogP contribution in [0.15, 0.2) is 12.4 Å². The summed E-state index contributed by atoms with van der Waals surface area (Å²) in [7, 11) is 0. The van der Waals surface area contributed by atoms with Crippen molar-refractivity contribution in [1.82, 2.24) is 30.6 Å². The average Bonchev–Trinajstić information content (AvgIpc) is 3.34. The fourth-order valence-electron chi connectivity index (χ4n) is 5.00. The predicted molar refractivity (Wildman–Crippen MR) is 120 cm³/mol. The van der Waals surface area contributed by atoms with Crippen molar-refractivity contribution in [2.75, 3.05) is 57.4 Å². The van der Waals surface area contributed by atoms with Gasteiger partial charge in [0.1, 0.15) is 6.07 Å². The van der Waals surface area contributed by atoms with E-state index in [2.05, 4.69) is 20.8 Å². The first-order valence-electron chi connectivity index (χ1n) is 12.0. The monoisotopic (exact) mass is 510 g/mol. The summed E-state index contributed by atoms with van der Waals surface area (Å²) in [6.45, 7) is 3.00. The van der Waals surface area contributed by atoms with Crippen molar-refractivity contribution in [2.45, 2.75) is 37.5 Å². The van der Waals surface area contributed by atoms with E-state index in [-0.39, 0.29) is 38.1 Å². The molecule has 1 aromatic heterocycles. The first-order chi connectivity index (χ1) is 17.3. The van der Waals surface area contributed by atoms with Gasteiger partial charge in [0.2, 0.25) is 17.8 Å². The molecule has 4 heterocycles. The van der Waals surface area contributed by atoms with Crippen LogP contribution in [0.1, 0.15) is 24.8 Å². The van der Waals surface area contributed by atoms with Crippen molar-refractivity contribution in [1.29, 1.82) is 5.26 Å². The number of carbonyl (C=O) groups excluding carboxylic acids is 2. The first-order valence-corrected chi connectivity index (χ1v) is 12.0. The maximum atomic E-state index is 13.5. The quantitative estimate of drug-likeness (QED) is 0.489. The van der Waals surface area contributed by atoms with Crippen LogP contribution in [0.25, 0.3) is 0 Å². The summed E-state index contributed by atoms with van der Waals surface area (Å²) in [6, 6.07) is 0.745. The van der Waals surface area contributed by atoms with Crippen LogP contribution in [-0.4, -0.2) is 102 Å². The number of ether oxygens (including phenoxy) is 1. The maximum absolute atomic E-state index is 13.5. The van der Waals surface area contributed by atoms with E-state index in [1.54, 1.807) is 9.80 Å². The molecule has 0 aliphatic carbocycles. The number of aromatic nitrogens is 2. The smallest absolute Gasteiger partial charge is 0.379 e. The maximum Gasteiger partial charge on any atom is 0.402 e. The average molecular weight is 511 g/mol. The van der Waals surface area contributed by atoms with Crippen LogP contribution in [0.4, 0.5) is 19.1 Å². The van der Waals surface area contributed by atoms with Gasteiger partial charge in [0.15, 0.2) is 5.92 Å². The van der Waals surface area contributed by atoms with Crippen LogP contribution in [0.3, 0.4) is 0 Å². The van der Waals surface area contributed by atoms with Gasteiger partial charge in [-0.2, -0.15) is 18.4 Å². The van der Waals surface area contributed by atoms with Gasteiger partial charge in [-0.05, 0) is 19.4 Å². The second-order valence-electron chi connectivity index (χ2n) is 9.07. The Hall–Kier alpha value is -3.02. The lowest BCUT2D eigenvalue weighted by Crippen LogP contribution is -2.65. The highest BCUT2D eigenvalue weighted by Gasteiger charge is 2.54. The van der Waals surface area contributed by atoms with Gasteiger partial charge in [0.25, 0.3) is 0 Å². The Morgan fingerprint density at radius 1 is 1.19 bits per heavy atom. The van der Waals surface area contributed by atoms with Crippen LogP contribution >= 0.6 is 0 Å². The zero-order valence-electron chi connectivity index (χ0n) is 19.7. The Labute approximate surface area is 206 Å². The van der Waals surface area contributed by atoms with Gasteiger partial charge < -0.3 is 14.5 Å². The van der Waals surface area contributed by atoms with E-state index in [9.17, 15) is 22.8 Å². The lowest BCUT2D eigenvalue weighted by molar-refractivity contribution is -0.201. The number of hydrazine groups is 1. The topological polar surface area (TPSA) is 127 Å². The Morgan fingerprint density at radius 2 is 1.92 bits per heavy atom. The van der Waals surface area contributed by atoms with Crippen LogP contribution in [0.2, 0.25) is 0 Å². The molecule has 3 aliphatic heterocycles. The molecule has 2 unspecified atom stereocenters. The minimum atomic E-state index is -4.63. The predicted octanol–water partition coefficient (Wildman–Crippen LogP) is 0.0495. The fraction of sp³-hybridized carbons (Fsp3) is 0.682. The highest BCUT2D eigenvalue weighted by Crippen LogP contribution is 2.35. The molecule has 3 atom stereocenters. The molecule has 14 heteroatoms. The summed E-state index contributed by atoms with van der Waals surface area (Å²) in [6.07, 6.45) is -0.123. The number of anilines is 1. The van der Waals surface area contributed by atoms with Gasteiger partial charge in [0.05, 0.1) is 37.6 Å². The Bertz CT molecular complexity index is 963. The van der Waals surface area contributed by atoms with E-state index >= 15 is 0 Å². The van der Waals surface area contributed by atoms with Gasteiger partial charge in [0, 0.05) is 44.8 Å². The van der Waals surface area contributed by atoms with Crippen molar-refractivity contribution >= 4 is 17.8 Å². The summed E-state index contributed by atoms with van der Waals surface area (Å²) < 4.78 is 46.3. The number of likely N-dealkylation sites (tertiary alicyclic amines) is 1. The SMILES string of the molecule is N#Cc1cnc(N2CCN(C(=O)CCOC[C@@H]3CCCN3C3CNNC(=O)C3C(F)(F)F)CC2)nc1. The molecule has 2 N–H and O–H groups in total. The molecule has 196 valence electrons. The van der Waals surface area contributed by atoms with E-state index in [0.29, 0.717) is 50.7 Å². The number of halogens is 3. The third kappa shape index (κ3) is 6.03. The minimum absolute atomic E-state index is 0.00435. The zero-order chi connectivity index (χ0) is 25.7. The Morgan fingerprint density at radius 3 is 2.58 bits per heavy atom. The number of carbonyl (C=O) groups is 2. The molecule has 0 radical (unpaired) electrons. The molecule has 0 aromatic carbocycles. The lowest BCUT2D eigenvalue weighted by atomic mass is 9.94. The van der Waals surface area contributed by atoms with Crippen LogP contribution in [0.5, 0.6) is 0 Å². The standard InChI is InChI=1S/C22H29F3N8O3/c23-22(24,25)19-17(13-29-30-20(19)35)33-4-1-2-16(33)14-36-9-3-18(34)31-5-7-32(8-6-31)21-27-11-15(10-26)12-28-21/h11-12,16-17,19,29H,1-9,13-14H2,(H,30,35)/t16-,17?,19?/m0/s1.